The summed E-state index contributed by atoms with van der Waals surface area (Å²) in [7, 11) is -3.54. The number of aromatic nitrogens is 1. The average molecular weight is 353 g/mol. The van der Waals surface area contributed by atoms with Gasteiger partial charge in [-0.1, -0.05) is 29.8 Å². The molecule has 0 aliphatic rings. The van der Waals surface area contributed by atoms with Gasteiger partial charge in [-0.2, -0.15) is 0 Å². The number of halogens is 1. The van der Waals surface area contributed by atoms with Crippen molar-refractivity contribution in [3.05, 3.63) is 58.6 Å². The molecule has 0 aliphatic heterocycles. The maximum Gasteiger partial charge on any atom is 0.240 e. The Kier molecular flexibility index (Phi) is 4.44. The van der Waals surface area contributed by atoms with Crippen molar-refractivity contribution in [3.63, 3.8) is 0 Å². The van der Waals surface area contributed by atoms with Crippen LogP contribution in [0.4, 0.5) is 0 Å². The number of para-hydroxylation sites is 1. The first-order valence-corrected chi connectivity index (χ1v) is 9.32. The Morgan fingerprint density at radius 2 is 1.95 bits per heavy atom. The van der Waals surface area contributed by atoms with Gasteiger partial charge in [0.1, 0.15) is 0 Å². The van der Waals surface area contributed by atoms with Crippen molar-refractivity contribution < 1.29 is 8.42 Å². The summed E-state index contributed by atoms with van der Waals surface area (Å²) in [6.45, 7) is 0.300. The van der Waals surface area contributed by atoms with Gasteiger partial charge in [-0.05, 0) is 30.3 Å². The van der Waals surface area contributed by atoms with Gasteiger partial charge in [0, 0.05) is 18.0 Å². The molecule has 0 amide bonds. The van der Waals surface area contributed by atoms with Gasteiger partial charge in [-0.25, -0.2) is 18.1 Å². The van der Waals surface area contributed by atoms with E-state index in [0.29, 0.717) is 18.0 Å². The fourth-order valence-corrected chi connectivity index (χ4v) is 4.34. The number of rotatable bonds is 5. The van der Waals surface area contributed by atoms with E-state index < -0.39 is 10.0 Å². The van der Waals surface area contributed by atoms with Gasteiger partial charge in [-0.15, -0.1) is 11.3 Å². The molecule has 3 aromatic rings. The smallest absolute Gasteiger partial charge is 0.240 e. The van der Waals surface area contributed by atoms with Gasteiger partial charge in [0.25, 0.3) is 0 Å². The highest BCUT2D eigenvalue weighted by Gasteiger charge is 2.14. The standard InChI is InChI=1S/C15H13ClN2O2S2/c16-11-4-3-5-12(10-11)22(19,20)17-9-8-15-18-13-6-1-2-7-14(13)21-15/h1-7,10,17H,8-9H2. The summed E-state index contributed by atoms with van der Waals surface area (Å²) in [5.41, 5.74) is 0.945. The topological polar surface area (TPSA) is 59.1 Å². The minimum absolute atomic E-state index is 0.171. The number of nitrogens with one attached hydrogen (secondary N) is 1. The van der Waals surface area contributed by atoms with E-state index in [2.05, 4.69) is 9.71 Å². The van der Waals surface area contributed by atoms with Crippen molar-refractivity contribution >= 4 is 43.2 Å². The van der Waals surface area contributed by atoms with Crippen molar-refractivity contribution in [1.82, 2.24) is 9.71 Å². The van der Waals surface area contributed by atoms with Gasteiger partial charge >= 0.3 is 0 Å². The van der Waals surface area contributed by atoms with Gasteiger partial charge in [-0.3, -0.25) is 0 Å². The third-order valence-electron chi connectivity index (χ3n) is 3.08. The summed E-state index contributed by atoms with van der Waals surface area (Å²) < 4.78 is 28.0. The quantitative estimate of drug-likeness (QED) is 0.764. The van der Waals surface area contributed by atoms with E-state index in [1.165, 1.54) is 12.1 Å². The zero-order valence-electron chi connectivity index (χ0n) is 11.5. The van der Waals surface area contributed by atoms with E-state index in [0.717, 1.165) is 15.2 Å². The SMILES string of the molecule is O=S(=O)(NCCc1nc2ccccc2s1)c1cccc(Cl)c1. The van der Waals surface area contributed by atoms with Crippen LogP contribution in [0.5, 0.6) is 0 Å². The Labute approximate surface area is 137 Å². The first kappa shape index (κ1) is 15.4. The lowest BCUT2D eigenvalue weighted by Gasteiger charge is -2.05. The molecule has 0 bridgehead atoms. The van der Waals surface area contributed by atoms with Crippen molar-refractivity contribution in [2.45, 2.75) is 11.3 Å². The van der Waals surface area contributed by atoms with Gasteiger partial charge in [0.15, 0.2) is 0 Å². The number of sulfonamides is 1. The van der Waals surface area contributed by atoms with E-state index >= 15 is 0 Å². The van der Waals surface area contributed by atoms with Crippen LogP contribution in [0.15, 0.2) is 53.4 Å². The minimum Gasteiger partial charge on any atom is -0.241 e. The predicted octanol–water partition coefficient (Wildman–Crippen LogP) is 3.47. The third-order valence-corrected chi connectivity index (χ3v) is 5.87. The lowest BCUT2D eigenvalue weighted by atomic mass is 10.3. The zero-order chi connectivity index (χ0) is 15.6. The molecule has 1 heterocycles. The van der Waals surface area contributed by atoms with Gasteiger partial charge in [0.05, 0.1) is 20.1 Å². The van der Waals surface area contributed by atoms with Crippen LogP contribution in [0.3, 0.4) is 0 Å². The average Bonchev–Trinajstić information content (AvgIpc) is 2.89. The van der Waals surface area contributed by atoms with Crippen LogP contribution in [-0.2, 0) is 16.4 Å². The van der Waals surface area contributed by atoms with E-state index in [1.54, 1.807) is 23.5 Å². The highest BCUT2D eigenvalue weighted by atomic mass is 35.5. The molecule has 114 valence electrons. The molecule has 0 spiro atoms. The van der Waals surface area contributed by atoms with Crippen molar-refractivity contribution in [2.75, 3.05) is 6.54 Å². The summed E-state index contributed by atoms with van der Waals surface area (Å²) in [6.07, 6.45) is 0.555. The van der Waals surface area contributed by atoms with Gasteiger partial charge < -0.3 is 0 Å². The van der Waals surface area contributed by atoms with Crippen LogP contribution in [0, 0.1) is 0 Å². The first-order valence-electron chi connectivity index (χ1n) is 6.64. The lowest BCUT2D eigenvalue weighted by Crippen LogP contribution is -2.25. The Bertz CT molecular complexity index is 874. The Hall–Kier alpha value is -1.47. The second-order valence-electron chi connectivity index (χ2n) is 4.68. The maximum atomic E-state index is 12.2. The van der Waals surface area contributed by atoms with Crippen LogP contribution in [0.1, 0.15) is 5.01 Å². The molecule has 7 heteroatoms. The number of fused-ring (bicyclic) bond motifs is 1. The van der Waals surface area contributed by atoms with Gasteiger partial charge in [0.2, 0.25) is 10.0 Å². The molecule has 0 aliphatic carbocycles. The highest BCUT2D eigenvalue weighted by molar-refractivity contribution is 7.89. The van der Waals surface area contributed by atoms with E-state index in [-0.39, 0.29) is 4.90 Å². The molecular formula is C15H13ClN2O2S2. The van der Waals surface area contributed by atoms with Crippen molar-refractivity contribution in [1.29, 1.82) is 0 Å². The fraction of sp³-hybridized carbons (Fsp3) is 0.133. The number of hydrogen-bond acceptors (Lipinski definition) is 4. The molecular weight excluding hydrogens is 340 g/mol. The molecule has 2 aromatic carbocycles. The Balaban J connectivity index is 1.67. The fourth-order valence-electron chi connectivity index (χ4n) is 2.04. The van der Waals surface area contributed by atoms with Crippen LogP contribution >= 0.6 is 22.9 Å². The summed E-state index contributed by atoms with van der Waals surface area (Å²) in [6, 6.07) is 14.1. The lowest BCUT2D eigenvalue weighted by molar-refractivity contribution is 0.581. The maximum absolute atomic E-state index is 12.2. The largest absolute Gasteiger partial charge is 0.241 e. The molecule has 4 nitrogen and oxygen atoms in total. The molecule has 0 saturated heterocycles. The van der Waals surface area contributed by atoms with Crippen LogP contribution in [0.25, 0.3) is 10.2 Å². The number of nitrogens with zero attached hydrogens (tertiary/aromatic N) is 1. The monoisotopic (exact) mass is 352 g/mol. The van der Waals surface area contributed by atoms with Crippen LogP contribution in [0.2, 0.25) is 5.02 Å². The normalized spacial score (nSPS) is 11.9. The van der Waals surface area contributed by atoms with E-state index in [9.17, 15) is 8.42 Å². The molecule has 0 radical (unpaired) electrons. The molecule has 22 heavy (non-hydrogen) atoms. The Morgan fingerprint density at radius 3 is 2.73 bits per heavy atom. The van der Waals surface area contributed by atoms with E-state index in [1.807, 2.05) is 24.3 Å². The molecule has 1 N–H and O–H groups in total. The van der Waals surface area contributed by atoms with Crippen molar-refractivity contribution in [3.8, 4) is 0 Å². The summed E-state index contributed by atoms with van der Waals surface area (Å²) in [5.74, 6) is 0. The summed E-state index contributed by atoms with van der Waals surface area (Å²) in [4.78, 5) is 4.65. The van der Waals surface area contributed by atoms with Crippen LogP contribution in [-0.4, -0.2) is 19.9 Å². The van der Waals surface area contributed by atoms with Crippen molar-refractivity contribution in [2.24, 2.45) is 0 Å². The number of hydrogen-bond donors (Lipinski definition) is 1. The molecule has 1 aromatic heterocycles. The second-order valence-corrected chi connectivity index (χ2v) is 8.00. The molecule has 3 rings (SSSR count). The molecule has 0 saturated carbocycles. The van der Waals surface area contributed by atoms with E-state index in [4.69, 9.17) is 11.6 Å². The number of thiazole rings is 1. The molecule has 0 atom stereocenters. The Morgan fingerprint density at radius 1 is 1.14 bits per heavy atom. The predicted molar refractivity (Wildman–Crippen MR) is 90.0 cm³/mol. The summed E-state index contributed by atoms with van der Waals surface area (Å²) >= 11 is 7.40. The molecule has 0 fully saturated rings. The number of benzene rings is 2. The minimum atomic E-state index is -3.54. The molecule has 0 unspecified atom stereocenters. The third kappa shape index (κ3) is 3.47. The van der Waals surface area contributed by atoms with Crippen LogP contribution < -0.4 is 4.72 Å². The second kappa shape index (κ2) is 6.34. The zero-order valence-corrected chi connectivity index (χ0v) is 13.9. The first-order chi connectivity index (χ1) is 10.5. The highest BCUT2D eigenvalue weighted by Crippen LogP contribution is 2.21. The summed E-state index contributed by atoms with van der Waals surface area (Å²) in [5, 5.41) is 1.31.